The summed E-state index contributed by atoms with van der Waals surface area (Å²) in [6, 6.07) is 0. The third kappa shape index (κ3) is 5.64. The van der Waals surface area contributed by atoms with Gasteiger partial charge in [0.2, 0.25) is 0 Å². The lowest BCUT2D eigenvalue weighted by molar-refractivity contribution is 0.0224. The summed E-state index contributed by atoms with van der Waals surface area (Å²) in [5.74, 6) is 0.419. The van der Waals surface area contributed by atoms with E-state index in [4.69, 9.17) is 19.9 Å². The number of ether oxygens (including phenoxy) is 3. The predicted molar refractivity (Wildman–Crippen MR) is 57.9 cm³/mol. The maximum absolute atomic E-state index is 5.41. The Bertz CT molecular complexity index is 279. The lowest BCUT2D eigenvalue weighted by atomic mass is 10.6. The molecule has 1 aromatic rings. The Morgan fingerprint density at radius 3 is 2.50 bits per heavy atom. The number of methoxy groups -OCH3 is 1. The van der Waals surface area contributed by atoms with Gasteiger partial charge in [-0.3, -0.25) is 0 Å². The van der Waals surface area contributed by atoms with Crippen LogP contribution in [0.4, 0.5) is 5.82 Å². The fourth-order valence-electron chi connectivity index (χ4n) is 1.04. The number of nitrogen functional groups attached to an aromatic ring is 1. The summed E-state index contributed by atoms with van der Waals surface area (Å²) >= 11 is 0. The van der Waals surface area contributed by atoms with E-state index in [0.29, 0.717) is 45.4 Å². The van der Waals surface area contributed by atoms with Gasteiger partial charge >= 0.3 is 0 Å². The Labute approximate surface area is 94.5 Å². The van der Waals surface area contributed by atoms with Crippen molar-refractivity contribution in [3.8, 4) is 0 Å². The van der Waals surface area contributed by atoms with Gasteiger partial charge in [0.05, 0.1) is 45.8 Å². The van der Waals surface area contributed by atoms with Gasteiger partial charge in [-0.2, -0.15) is 0 Å². The molecule has 1 aromatic heterocycles. The molecule has 0 saturated heterocycles. The Morgan fingerprint density at radius 2 is 1.88 bits per heavy atom. The van der Waals surface area contributed by atoms with E-state index in [1.165, 1.54) is 0 Å². The minimum absolute atomic E-state index is 0.419. The summed E-state index contributed by atoms with van der Waals surface area (Å²) in [5, 5.41) is 7.45. The number of aromatic nitrogens is 3. The van der Waals surface area contributed by atoms with E-state index < -0.39 is 0 Å². The second-order valence-corrected chi connectivity index (χ2v) is 3.12. The molecule has 0 aliphatic rings. The number of hydrogen-bond donors (Lipinski definition) is 1. The highest BCUT2D eigenvalue weighted by Crippen LogP contribution is 1.92. The van der Waals surface area contributed by atoms with Crippen LogP contribution in [0.3, 0.4) is 0 Å². The van der Waals surface area contributed by atoms with Crippen molar-refractivity contribution in [3.05, 3.63) is 6.20 Å². The lowest BCUT2D eigenvalue weighted by Gasteiger charge is -2.05. The fraction of sp³-hybridized carbons (Fsp3) is 0.778. The maximum Gasteiger partial charge on any atom is 0.165 e. The van der Waals surface area contributed by atoms with E-state index in [2.05, 4.69) is 10.3 Å². The van der Waals surface area contributed by atoms with Crippen molar-refractivity contribution in [1.82, 2.24) is 15.0 Å². The third-order valence-corrected chi connectivity index (χ3v) is 1.82. The molecule has 1 rings (SSSR count). The summed E-state index contributed by atoms with van der Waals surface area (Å²) < 4.78 is 17.0. The molecule has 0 aliphatic carbocycles. The Morgan fingerprint density at radius 1 is 1.19 bits per heavy atom. The molecule has 1 heterocycles. The van der Waals surface area contributed by atoms with E-state index in [1.807, 2.05) is 0 Å². The molecule has 0 spiro atoms. The van der Waals surface area contributed by atoms with Crippen molar-refractivity contribution < 1.29 is 14.2 Å². The summed E-state index contributed by atoms with van der Waals surface area (Å²) in [4.78, 5) is 0. The molecule has 0 radical (unpaired) electrons. The molecule has 92 valence electrons. The molecule has 7 heteroatoms. The highest BCUT2D eigenvalue weighted by molar-refractivity contribution is 5.19. The molecule has 0 fully saturated rings. The zero-order valence-corrected chi connectivity index (χ0v) is 9.46. The molecular formula is C9H18N4O3. The minimum atomic E-state index is 0.419. The monoisotopic (exact) mass is 230 g/mol. The van der Waals surface area contributed by atoms with Crippen LogP contribution in [0.25, 0.3) is 0 Å². The van der Waals surface area contributed by atoms with E-state index in [-0.39, 0.29) is 0 Å². The summed E-state index contributed by atoms with van der Waals surface area (Å²) in [6.07, 6.45) is 1.67. The molecular weight excluding hydrogens is 212 g/mol. The van der Waals surface area contributed by atoms with Gasteiger partial charge in [0, 0.05) is 7.11 Å². The van der Waals surface area contributed by atoms with Gasteiger partial charge in [-0.1, -0.05) is 5.21 Å². The third-order valence-electron chi connectivity index (χ3n) is 1.82. The Kier molecular flexibility index (Phi) is 6.47. The highest BCUT2D eigenvalue weighted by atomic mass is 16.5. The van der Waals surface area contributed by atoms with Gasteiger partial charge in [-0.05, 0) is 0 Å². The fourth-order valence-corrected chi connectivity index (χ4v) is 1.04. The SMILES string of the molecule is COCCOCCOCCn1cc(N)nn1. The maximum atomic E-state index is 5.41. The van der Waals surface area contributed by atoms with Crippen LogP contribution < -0.4 is 5.73 Å². The number of nitrogens with zero attached hydrogens (tertiary/aromatic N) is 3. The first-order valence-corrected chi connectivity index (χ1v) is 5.13. The minimum Gasteiger partial charge on any atom is -0.382 e. The van der Waals surface area contributed by atoms with Gasteiger partial charge in [-0.25, -0.2) is 4.68 Å². The van der Waals surface area contributed by atoms with Crippen molar-refractivity contribution in [2.24, 2.45) is 0 Å². The second-order valence-electron chi connectivity index (χ2n) is 3.12. The average Bonchev–Trinajstić information content (AvgIpc) is 2.68. The van der Waals surface area contributed by atoms with E-state index in [1.54, 1.807) is 18.0 Å². The molecule has 0 atom stereocenters. The van der Waals surface area contributed by atoms with Crippen LogP contribution in [0, 0.1) is 0 Å². The number of hydrogen-bond acceptors (Lipinski definition) is 6. The molecule has 0 saturated carbocycles. The van der Waals surface area contributed by atoms with Gasteiger partial charge in [0.25, 0.3) is 0 Å². The topological polar surface area (TPSA) is 84.4 Å². The van der Waals surface area contributed by atoms with E-state index in [0.717, 1.165) is 0 Å². The van der Waals surface area contributed by atoms with Crippen LogP contribution in [0.15, 0.2) is 6.20 Å². The van der Waals surface area contributed by atoms with Gasteiger partial charge < -0.3 is 19.9 Å². The zero-order chi connectivity index (χ0) is 11.6. The Hall–Kier alpha value is -1.18. The van der Waals surface area contributed by atoms with Crippen LogP contribution >= 0.6 is 0 Å². The zero-order valence-electron chi connectivity index (χ0n) is 9.46. The van der Waals surface area contributed by atoms with Crippen LogP contribution in [-0.4, -0.2) is 55.1 Å². The largest absolute Gasteiger partial charge is 0.382 e. The van der Waals surface area contributed by atoms with Crippen LogP contribution in [0.5, 0.6) is 0 Å². The molecule has 0 aliphatic heterocycles. The summed E-state index contributed by atoms with van der Waals surface area (Å²) in [7, 11) is 1.64. The Balaban J connectivity index is 1.88. The molecule has 0 aromatic carbocycles. The van der Waals surface area contributed by atoms with Crippen LogP contribution in [0.1, 0.15) is 0 Å². The lowest BCUT2D eigenvalue weighted by Crippen LogP contribution is -2.12. The smallest absolute Gasteiger partial charge is 0.165 e. The van der Waals surface area contributed by atoms with Gasteiger partial charge in [0.1, 0.15) is 0 Å². The van der Waals surface area contributed by atoms with Gasteiger partial charge in [0.15, 0.2) is 5.82 Å². The van der Waals surface area contributed by atoms with Crippen LogP contribution in [-0.2, 0) is 20.8 Å². The number of anilines is 1. The van der Waals surface area contributed by atoms with Crippen molar-refractivity contribution >= 4 is 5.82 Å². The molecule has 0 unspecified atom stereocenters. The summed E-state index contributed by atoms with van der Waals surface area (Å²) in [5.41, 5.74) is 5.41. The average molecular weight is 230 g/mol. The molecule has 0 amide bonds. The molecule has 7 nitrogen and oxygen atoms in total. The second kappa shape index (κ2) is 8.03. The van der Waals surface area contributed by atoms with Crippen molar-refractivity contribution in [2.45, 2.75) is 6.54 Å². The van der Waals surface area contributed by atoms with E-state index in [9.17, 15) is 0 Å². The molecule has 2 N–H and O–H groups in total. The number of rotatable bonds is 9. The first-order chi connectivity index (χ1) is 7.83. The van der Waals surface area contributed by atoms with Gasteiger partial charge in [-0.15, -0.1) is 5.10 Å². The first kappa shape index (κ1) is 12.9. The quantitative estimate of drug-likeness (QED) is 0.578. The normalized spacial score (nSPS) is 10.8. The molecule has 16 heavy (non-hydrogen) atoms. The standard InChI is InChI=1S/C9H18N4O3/c1-14-4-5-16-7-6-15-3-2-13-8-9(10)11-12-13/h8H,2-7,10H2,1H3. The molecule has 0 bridgehead atoms. The first-order valence-electron chi connectivity index (χ1n) is 5.13. The van der Waals surface area contributed by atoms with Crippen molar-refractivity contribution in [1.29, 1.82) is 0 Å². The van der Waals surface area contributed by atoms with E-state index >= 15 is 0 Å². The van der Waals surface area contributed by atoms with Crippen molar-refractivity contribution in [2.75, 3.05) is 45.9 Å². The van der Waals surface area contributed by atoms with Crippen molar-refractivity contribution in [3.63, 3.8) is 0 Å². The summed E-state index contributed by atoms with van der Waals surface area (Å²) in [6.45, 7) is 3.55. The predicted octanol–water partition coefficient (Wildman–Crippen LogP) is -0.460. The highest BCUT2D eigenvalue weighted by Gasteiger charge is 1.95. The van der Waals surface area contributed by atoms with Crippen LogP contribution in [0.2, 0.25) is 0 Å². The number of nitrogens with two attached hydrogens (primary N) is 1.